The minimum absolute atomic E-state index is 0.193. The van der Waals surface area contributed by atoms with Crippen molar-refractivity contribution < 1.29 is 17.3 Å². The highest BCUT2D eigenvalue weighted by atomic mass is 32.2. The first-order chi connectivity index (χ1) is 12.1. The van der Waals surface area contributed by atoms with E-state index >= 15 is 0 Å². The molecule has 0 radical (unpaired) electrons. The van der Waals surface area contributed by atoms with Crippen LogP contribution in [0.3, 0.4) is 0 Å². The minimum Gasteiger partial charge on any atom is -0.459 e. The zero-order valence-electron chi connectivity index (χ0n) is 13.9. The van der Waals surface area contributed by atoms with Crippen molar-refractivity contribution in [2.45, 2.75) is 42.8 Å². The fourth-order valence-corrected chi connectivity index (χ4v) is 7.65. The van der Waals surface area contributed by atoms with Gasteiger partial charge < -0.3 is 4.74 Å². The second-order valence-corrected chi connectivity index (χ2v) is 9.76. The Kier molecular flexibility index (Phi) is 2.66. The Bertz CT molecular complexity index is 966. The number of hydrogen-bond donors (Lipinski definition) is 0. The number of benzene rings is 2. The molecule has 4 aliphatic carbocycles. The molecule has 4 bridgehead atoms. The second kappa shape index (κ2) is 4.57. The van der Waals surface area contributed by atoms with Gasteiger partial charge in [0.25, 0.3) is 0 Å². The molecule has 0 amide bonds. The number of ether oxygens (including phenoxy) is 1. The first-order valence-corrected chi connectivity index (χ1v) is 10.6. The van der Waals surface area contributed by atoms with Gasteiger partial charge in [-0.2, -0.15) is 8.42 Å². The molecule has 7 rings (SSSR count). The Balaban J connectivity index is 1.56. The Morgan fingerprint density at radius 2 is 1.56 bits per heavy atom. The molecular weight excluding hydrogens is 336 g/mol. The first-order valence-electron chi connectivity index (χ1n) is 9.21. The molecule has 5 heteroatoms. The van der Waals surface area contributed by atoms with E-state index in [1.165, 1.54) is 6.42 Å². The highest BCUT2D eigenvalue weighted by Crippen LogP contribution is 2.62. The Morgan fingerprint density at radius 3 is 2.28 bits per heavy atom. The Labute approximate surface area is 147 Å². The Hall–Kier alpha value is -1.59. The van der Waals surface area contributed by atoms with Crippen molar-refractivity contribution in [3.8, 4) is 5.75 Å². The number of hydrogen-bond acceptors (Lipinski definition) is 4. The molecule has 1 heterocycles. The molecule has 4 fully saturated rings. The van der Waals surface area contributed by atoms with Crippen molar-refractivity contribution in [3.63, 3.8) is 0 Å². The third-order valence-electron chi connectivity index (χ3n) is 6.88. The first kappa shape index (κ1) is 14.6. The lowest BCUT2D eigenvalue weighted by Crippen LogP contribution is -2.63. The van der Waals surface area contributed by atoms with E-state index in [-0.39, 0.29) is 16.7 Å². The second-order valence-electron chi connectivity index (χ2n) is 8.28. The summed E-state index contributed by atoms with van der Waals surface area (Å²) in [5, 5.41) is 1.57. The molecule has 0 N–H and O–H groups in total. The van der Waals surface area contributed by atoms with Gasteiger partial charge in [0.2, 0.25) is 5.79 Å². The van der Waals surface area contributed by atoms with Gasteiger partial charge >= 0.3 is 10.1 Å². The van der Waals surface area contributed by atoms with Crippen LogP contribution in [0.25, 0.3) is 10.8 Å². The predicted molar refractivity (Wildman–Crippen MR) is 92.6 cm³/mol. The molecule has 1 aliphatic heterocycles. The fraction of sp³-hybridized carbons (Fsp3) is 0.500. The fourth-order valence-electron chi connectivity index (χ4n) is 6.11. The monoisotopic (exact) mass is 356 g/mol. The van der Waals surface area contributed by atoms with Crippen molar-refractivity contribution in [2.75, 3.05) is 0 Å². The summed E-state index contributed by atoms with van der Waals surface area (Å²) in [5.74, 6) is 1.33. The normalized spacial score (nSPS) is 40.2. The highest BCUT2D eigenvalue weighted by Gasteiger charge is 2.64. The van der Waals surface area contributed by atoms with Crippen molar-refractivity contribution in [1.82, 2.24) is 0 Å². The summed E-state index contributed by atoms with van der Waals surface area (Å²) in [6.07, 6.45) is 5.44. The molecule has 0 unspecified atom stereocenters. The highest BCUT2D eigenvalue weighted by molar-refractivity contribution is 7.87. The van der Waals surface area contributed by atoms with Gasteiger partial charge in [0.05, 0.1) is 0 Å². The predicted octanol–water partition coefficient (Wildman–Crippen LogP) is 4.09. The van der Waals surface area contributed by atoms with Crippen LogP contribution in [0.2, 0.25) is 0 Å². The van der Waals surface area contributed by atoms with E-state index in [1.807, 2.05) is 36.4 Å². The van der Waals surface area contributed by atoms with Gasteiger partial charge in [-0.3, -0.25) is 0 Å². The third kappa shape index (κ3) is 1.83. The van der Waals surface area contributed by atoms with E-state index in [4.69, 9.17) is 8.92 Å². The average molecular weight is 356 g/mol. The smallest absolute Gasteiger partial charge is 0.304 e. The number of rotatable bonds is 0. The van der Waals surface area contributed by atoms with E-state index in [2.05, 4.69) is 0 Å². The minimum atomic E-state index is -3.85. The molecule has 4 saturated carbocycles. The molecule has 0 saturated heterocycles. The molecule has 25 heavy (non-hydrogen) atoms. The van der Waals surface area contributed by atoms with Gasteiger partial charge in [-0.1, -0.05) is 30.3 Å². The standard InChI is InChI=1S/C20H20O4S/c21-25(22)19-17-4-2-1-3-14(17)5-6-18(19)23-20(24-25)15-8-12-7-13(10-15)11-16(20)9-12/h1-6,12-13,15-16H,7-11H2. The van der Waals surface area contributed by atoms with E-state index in [0.29, 0.717) is 11.1 Å². The van der Waals surface area contributed by atoms with E-state index in [9.17, 15) is 8.42 Å². The quantitative estimate of drug-likeness (QED) is 0.667. The maximum absolute atomic E-state index is 13.2. The molecule has 1 spiro atoms. The molecule has 130 valence electrons. The summed E-state index contributed by atoms with van der Waals surface area (Å²) >= 11 is 0. The summed E-state index contributed by atoms with van der Waals surface area (Å²) in [4.78, 5) is 0.199. The summed E-state index contributed by atoms with van der Waals surface area (Å²) in [7, 11) is -3.85. The van der Waals surface area contributed by atoms with Crippen molar-refractivity contribution >= 4 is 20.9 Å². The zero-order chi connectivity index (χ0) is 16.8. The van der Waals surface area contributed by atoms with Crippen LogP contribution < -0.4 is 4.74 Å². The molecule has 2 aromatic carbocycles. The van der Waals surface area contributed by atoms with Crippen LogP contribution in [0.1, 0.15) is 32.1 Å². The van der Waals surface area contributed by atoms with Crippen LogP contribution >= 0.6 is 0 Å². The Morgan fingerprint density at radius 1 is 0.880 bits per heavy atom. The van der Waals surface area contributed by atoms with Gasteiger partial charge in [0, 0.05) is 17.2 Å². The van der Waals surface area contributed by atoms with Gasteiger partial charge in [-0.05, 0) is 55.4 Å². The molecule has 2 aromatic rings. The molecule has 0 atom stereocenters. The van der Waals surface area contributed by atoms with Gasteiger partial charge in [0.15, 0.2) is 0 Å². The largest absolute Gasteiger partial charge is 0.459 e. The summed E-state index contributed by atoms with van der Waals surface area (Å²) in [5.41, 5.74) is 0. The van der Waals surface area contributed by atoms with Gasteiger partial charge in [0.1, 0.15) is 10.6 Å². The summed E-state index contributed by atoms with van der Waals surface area (Å²) in [6.45, 7) is 0. The molecular formula is C20H20O4S. The lowest BCUT2D eigenvalue weighted by molar-refractivity contribution is -0.263. The number of fused-ring (bicyclic) bond motifs is 3. The van der Waals surface area contributed by atoms with Crippen LogP contribution in [0, 0.1) is 23.7 Å². The van der Waals surface area contributed by atoms with Crippen LogP contribution in [0.5, 0.6) is 5.75 Å². The zero-order valence-corrected chi connectivity index (χ0v) is 14.7. The topological polar surface area (TPSA) is 52.6 Å². The molecule has 4 nitrogen and oxygen atoms in total. The summed E-state index contributed by atoms with van der Waals surface area (Å²) < 4.78 is 38.7. The lowest BCUT2D eigenvalue weighted by Gasteiger charge is -2.59. The van der Waals surface area contributed by atoms with Crippen LogP contribution in [0.4, 0.5) is 0 Å². The van der Waals surface area contributed by atoms with Gasteiger partial charge in [-0.25, -0.2) is 4.18 Å². The van der Waals surface area contributed by atoms with Crippen molar-refractivity contribution in [2.24, 2.45) is 23.7 Å². The molecule has 5 aliphatic rings. The maximum atomic E-state index is 13.2. The van der Waals surface area contributed by atoms with E-state index < -0.39 is 15.9 Å². The van der Waals surface area contributed by atoms with Gasteiger partial charge in [-0.15, -0.1) is 0 Å². The van der Waals surface area contributed by atoms with E-state index in [0.717, 1.165) is 42.9 Å². The molecule has 0 aromatic heterocycles. The van der Waals surface area contributed by atoms with Crippen LogP contribution in [0.15, 0.2) is 41.3 Å². The maximum Gasteiger partial charge on any atom is 0.304 e. The lowest BCUT2D eigenvalue weighted by atomic mass is 9.53. The van der Waals surface area contributed by atoms with Crippen LogP contribution in [-0.2, 0) is 14.3 Å². The van der Waals surface area contributed by atoms with Crippen molar-refractivity contribution in [1.29, 1.82) is 0 Å². The SMILES string of the molecule is O=S1(=O)OC2(Oc3ccc4ccccc4c31)C1CC3CC(C1)CC2C3. The average Bonchev–Trinajstić information content (AvgIpc) is 2.58. The third-order valence-corrected chi connectivity index (χ3v) is 8.28. The van der Waals surface area contributed by atoms with E-state index in [1.54, 1.807) is 0 Å². The van der Waals surface area contributed by atoms with Crippen LogP contribution in [-0.4, -0.2) is 14.2 Å². The van der Waals surface area contributed by atoms with Crippen molar-refractivity contribution in [3.05, 3.63) is 36.4 Å². The summed E-state index contributed by atoms with van der Waals surface area (Å²) in [6, 6.07) is 11.3.